The van der Waals surface area contributed by atoms with Gasteiger partial charge in [-0.2, -0.15) is 5.26 Å². The first kappa shape index (κ1) is 12.4. The molecule has 0 aliphatic carbocycles. The van der Waals surface area contributed by atoms with Crippen LogP contribution in [0.25, 0.3) is 0 Å². The first-order chi connectivity index (χ1) is 6.00. The second-order valence-corrected chi connectivity index (χ2v) is 4.30. The Labute approximate surface area is 87.8 Å². The van der Waals surface area contributed by atoms with E-state index in [1.54, 1.807) is 11.9 Å². The van der Waals surface area contributed by atoms with Crippen LogP contribution in [-0.2, 0) is 4.79 Å². The van der Waals surface area contributed by atoms with Gasteiger partial charge in [-0.3, -0.25) is 4.79 Å². The Bertz CT molecular complexity index is 210. The summed E-state index contributed by atoms with van der Waals surface area (Å²) in [5.74, 6) is 0.322. The van der Waals surface area contributed by atoms with E-state index >= 15 is 0 Å². The molecule has 13 heavy (non-hydrogen) atoms. The average molecular weight is 247 g/mol. The topological polar surface area (TPSA) is 44.1 Å². The minimum absolute atomic E-state index is 0.0465. The van der Waals surface area contributed by atoms with E-state index in [2.05, 4.69) is 15.9 Å². The van der Waals surface area contributed by atoms with Crippen molar-refractivity contribution in [2.75, 3.05) is 13.6 Å². The van der Waals surface area contributed by atoms with Crippen LogP contribution >= 0.6 is 15.9 Å². The Balaban J connectivity index is 4.03. The molecular weight excluding hydrogens is 232 g/mol. The van der Waals surface area contributed by atoms with E-state index in [0.29, 0.717) is 13.0 Å². The molecule has 0 aliphatic heterocycles. The minimum atomic E-state index is -0.142. The van der Waals surface area contributed by atoms with Crippen LogP contribution in [0.4, 0.5) is 0 Å². The lowest BCUT2D eigenvalue weighted by atomic mass is 10.1. The van der Waals surface area contributed by atoms with Crippen molar-refractivity contribution in [3.8, 4) is 6.07 Å². The first-order valence-electron chi connectivity index (χ1n) is 4.26. The molecule has 1 unspecified atom stereocenters. The second-order valence-electron chi connectivity index (χ2n) is 3.31. The van der Waals surface area contributed by atoms with Crippen LogP contribution < -0.4 is 0 Å². The van der Waals surface area contributed by atoms with Crippen LogP contribution in [0.2, 0.25) is 0 Å². The van der Waals surface area contributed by atoms with Crippen molar-refractivity contribution in [1.82, 2.24) is 4.90 Å². The van der Waals surface area contributed by atoms with Gasteiger partial charge >= 0.3 is 0 Å². The lowest BCUT2D eigenvalue weighted by Gasteiger charge is -2.21. The van der Waals surface area contributed by atoms with Crippen LogP contribution in [0.1, 0.15) is 20.3 Å². The highest BCUT2D eigenvalue weighted by Gasteiger charge is 2.21. The monoisotopic (exact) mass is 246 g/mol. The second kappa shape index (κ2) is 5.98. The highest BCUT2D eigenvalue weighted by atomic mass is 79.9. The fourth-order valence-corrected chi connectivity index (χ4v) is 1.17. The van der Waals surface area contributed by atoms with Gasteiger partial charge in [-0.05, 0) is 5.92 Å². The largest absolute Gasteiger partial charge is 0.344 e. The van der Waals surface area contributed by atoms with Gasteiger partial charge in [0.15, 0.2) is 0 Å². The van der Waals surface area contributed by atoms with Gasteiger partial charge in [0.05, 0.1) is 17.3 Å². The zero-order valence-corrected chi connectivity index (χ0v) is 9.84. The first-order valence-corrected chi connectivity index (χ1v) is 5.18. The van der Waals surface area contributed by atoms with E-state index in [0.717, 1.165) is 0 Å². The van der Waals surface area contributed by atoms with E-state index in [9.17, 15) is 4.79 Å². The summed E-state index contributed by atoms with van der Waals surface area (Å²) < 4.78 is 0. The summed E-state index contributed by atoms with van der Waals surface area (Å²) in [7, 11) is 1.72. The fourth-order valence-electron chi connectivity index (χ4n) is 0.824. The Kier molecular flexibility index (Phi) is 5.72. The van der Waals surface area contributed by atoms with E-state index in [1.807, 2.05) is 19.9 Å². The number of carbonyl (C=O) groups is 1. The lowest BCUT2D eigenvalue weighted by molar-refractivity contribution is -0.129. The molecule has 4 heteroatoms. The predicted molar refractivity (Wildman–Crippen MR) is 55.4 cm³/mol. The molecule has 0 bridgehead atoms. The minimum Gasteiger partial charge on any atom is -0.344 e. The summed E-state index contributed by atoms with van der Waals surface area (Å²) in [6.07, 6.45) is 0.389. The highest BCUT2D eigenvalue weighted by Crippen LogP contribution is 2.14. The van der Waals surface area contributed by atoms with E-state index in [4.69, 9.17) is 5.26 Å². The van der Waals surface area contributed by atoms with Crippen molar-refractivity contribution in [3.05, 3.63) is 0 Å². The Morgan fingerprint density at radius 1 is 1.62 bits per heavy atom. The number of alkyl halides is 1. The number of nitrogens with zero attached hydrogens (tertiary/aromatic N) is 2. The summed E-state index contributed by atoms with van der Waals surface area (Å²) >= 11 is 3.33. The van der Waals surface area contributed by atoms with Gasteiger partial charge in [0.25, 0.3) is 0 Å². The molecule has 0 N–H and O–H groups in total. The predicted octanol–water partition coefficient (Wildman–Crippen LogP) is 1.78. The molecular formula is C9H15BrN2O. The standard InChI is InChI=1S/C9H15BrN2O/c1-7(2)8(10)9(13)12(3)6-4-5-11/h7-8H,4,6H2,1-3H3. The number of carbonyl (C=O) groups excluding carboxylic acids is 1. The van der Waals surface area contributed by atoms with E-state index in [-0.39, 0.29) is 16.7 Å². The van der Waals surface area contributed by atoms with Gasteiger partial charge in [-0.25, -0.2) is 0 Å². The summed E-state index contributed by atoms with van der Waals surface area (Å²) in [5.41, 5.74) is 0. The SMILES string of the molecule is CC(C)C(Br)C(=O)N(C)CCC#N. The molecule has 3 nitrogen and oxygen atoms in total. The molecule has 0 fully saturated rings. The normalized spacial score (nSPS) is 12.3. The van der Waals surface area contributed by atoms with Gasteiger partial charge < -0.3 is 4.90 Å². The fraction of sp³-hybridized carbons (Fsp3) is 0.778. The number of nitriles is 1. The molecule has 74 valence electrons. The molecule has 0 spiro atoms. The Morgan fingerprint density at radius 2 is 2.15 bits per heavy atom. The van der Waals surface area contributed by atoms with Crippen molar-refractivity contribution in [2.24, 2.45) is 5.92 Å². The third-order valence-corrected chi connectivity index (χ3v) is 3.21. The van der Waals surface area contributed by atoms with Crippen molar-refractivity contribution in [1.29, 1.82) is 5.26 Å². The van der Waals surface area contributed by atoms with Gasteiger partial charge in [0.2, 0.25) is 5.91 Å². The zero-order chi connectivity index (χ0) is 10.4. The lowest BCUT2D eigenvalue weighted by Crippen LogP contribution is -2.36. The summed E-state index contributed by atoms with van der Waals surface area (Å²) in [4.78, 5) is 13.0. The molecule has 0 aromatic heterocycles. The summed E-state index contributed by atoms with van der Waals surface area (Å²) in [6.45, 7) is 4.47. The zero-order valence-electron chi connectivity index (χ0n) is 8.25. The van der Waals surface area contributed by atoms with Crippen LogP contribution in [0.5, 0.6) is 0 Å². The maximum absolute atomic E-state index is 11.6. The van der Waals surface area contributed by atoms with Gasteiger partial charge in [0.1, 0.15) is 0 Å². The smallest absolute Gasteiger partial charge is 0.236 e. The molecule has 1 atom stereocenters. The van der Waals surface area contributed by atoms with Crippen LogP contribution in [0.3, 0.4) is 0 Å². The van der Waals surface area contributed by atoms with Gasteiger partial charge in [-0.1, -0.05) is 29.8 Å². The van der Waals surface area contributed by atoms with Crippen LogP contribution in [0.15, 0.2) is 0 Å². The molecule has 0 rings (SSSR count). The summed E-state index contributed by atoms with van der Waals surface area (Å²) in [6, 6.07) is 2.01. The van der Waals surface area contributed by atoms with Crippen LogP contribution in [-0.4, -0.2) is 29.2 Å². The maximum atomic E-state index is 11.6. The Hall–Kier alpha value is -0.560. The molecule has 0 saturated carbocycles. The van der Waals surface area contributed by atoms with Gasteiger partial charge in [-0.15, -0.1) is 0 Å². The highest BCUT2D eigenvalue weighted by molar-refractivity contribution is 9.10. The number of rotatable bonds is 4. The number of hydrogen-bond acceptors (Lipinski definition) is 2. The molecule has 0 aliphatic rings. The molecule has 0 heterocycles. The molecule has 0 aromatic carbocycles. The number of amides is 1. The molecule has 1 amide bonds. The Morgan fingerprint density at radius 3 is 2.54 bits per heavy atom. The van der Waals surface area contributed by atoms with Crippen molar-refractivity contribution >= 4 is 21.8 Å². The van der Waals surface area contributed by atoms with Gasteiger partial charge in [0, 0.05) is 13.6 Å². The van der Waals surface area contributed by atoms with E-state index < -0.39 is 0 Å². The average Bonchev–Trinajstić information content (AvgIpc) is 2.11. The van der Waals surface area contributed by atoms with Crippen molar-refractivity contribution < 1.29 is 4.79 Å². The van der Waals surface area contributed by atoms with Crippen molar-refractivity contribution in [2.45, 2.75) is 25.1 Å². The van der Waals surface area contributed by atoms with Crippen LogP contribution in [0, 0.1) is 17.2 Å². The number of halogens is 1. The van der Waals surface area contributed by atoms with Crippen molar-refractivity contribution in [3.63, 3.8) is 0 Å². The summed E-state index contributed by atoms with van der Waals surface area (Å²) in [5, 5.41) is 8.35. The quantitative estimate of drug-likeness (QED) is 0.711. The third-order valence-electron chi connectivity index (χ3n) is 1.76. The third kappa shape index (κ3) is 4.28. The number of hydrogen-bond donors (Lipinski definition) is 0. The molecule has 0 aromatic rings. The molecule has 0 saturated heterocycles. The van der Waals surface area contributed by atoms with E-state index in [1.165, 1.54) is 0 Å². The molecule has 0 radical (unpaired) electrons. The maximum Gasteiger partial charge on any atom is 0.236 e.